The van der Waals surface area contributed by atoms with Crippen LogP contribution in [0.15, 0.2) is 41.8 Å². The van der Waals surface area contributed by atoms with Gasteiger partial charge in [-0.1, -0.05) is 12.1 Å². The average Bonchev–Trinajstić information content (AvgIpc) is 3.16. The molecule has 26 heavy (non-hydrogen) atoms. The number of carbonyl (C=O) groups excluding carboxylic acids is 3. The Morgan fingerprint density at radius 3 is 2.54 bits per heavy atom. The number of hydrogen-bond donors (Lipinski definition) is 2. The van der Waals surface area contributed by atoms with E-state index in [2.05, 4.69) is 10.6 Å². The van der Waals surface area contributed by atoms with Crippen LogP contribution in [0.25, 0.3) is 0 Å². The van der Waals surface area contributed by atoms with Crippen molar-refractivity contribution in [3.8, 4) is 0 Å². The fourth-order valence-electron chi connectivity index (χ4n) is 2.99. The summed E-state index contributed by atoms with van der Waals surface area (Å²) in [5.41, 5.74) is 1.11. The van der Waals surface area contributed by atoms with Gasteiger partial charge in [-0.15, -0.1) is 11.3 Å². The minimum Gasteiger partial charge on any atom is -0.349 e. The zero-order valence-electron chi connectivity index (χ0n) is 14.5. The van der Waals surface area contributed by atoms with Gasteiger partial charge in [0, 0.05) is 37.3 Å². The summed E-state index contributed by atoms with van der Waals surface area (Å²) in [5, 5.41) is 7.59. The lowest BCUT2D eigenvalue weighted by Gasteiger charge is -2.32. The van der Waals surface area contributed by atoms with Crippen molar-refractivity contribution in [3.63, 3.8) is 0 Å². The monoisotopic (exact) mass is 371 g/mol. The summed E-state index contributed by atoms with van der Waals surface area (Å²) in [7, 11) is 0. The number of hydrogen-bond acceptors (Lipinski definition) is 4. The number of benzene rings is 1. The minimum absolute atomic E-state index is 0.0410. The Morgan fingerprint density at radius 1 is 1.12 bits per heavy atom. The average molecular weight is 371 g/mol. The molecule has 2 aromatic rings. The van der Waals surface area contributed by atoms with Gasteiger partial charge in [0.25, 0.3) is 11.8 Å². The molecular weight excluding hydrogens is 350 g/mol. The maximum absolute atomic E-state index is 12.5. The number of likely N-dealkylation sites (tertiary alicyclic amines) is 1. The van der Waals surface area contributed by atoms with E-state index in [-0.39, 0.29) is 23.8 Å². The molecule has 2 heterocycles. The first-order valence-electron chi connectivity index (χ1n) is 8.54. The Morgan fingerprint density at radius 2 is 1.88 bits per heavy atom. The van der Waals surface area contributed by atoms with Crippen molar-refractivity contribution in [2.75, 3.05) is 18.4 Å². The molecule has 0 unspecified atom stereocenters. The second kappa shape index (κ2) is 8.14. The summed E-state index contributed by atoms with van der Waals surface area (Å²) in [6.07, 6.45) is 1.46. The lowest BCUT2D eigenvalue weighted by molar-refractivity contribution is -0.114. The number of amides is 3. The largest absolute Gasteiger partial charge is 0.349 e. The van der Waals surface area contributed by atoms with Crippen molar-refractivity contribution in [1.29, 1.82) is 0 Å². The summed E-state index contributed by atoms with van der Waals surface area (Å²) in [6.45, 7) is 2.69. The highest BCUT2D eigenvalue weighted by Gasteiger charge is 2.25. The number of nitrogens with zero attached hydrogens (tertiary/aromatic N) is 1. The third-order valence-corrected chi connectivity index (χ3v) is 5.15. The van der Waals surface area contributed by atoms with Crippen LogP contribution in [-0.4, -0.2) is 41.8 Å². The van der Waals surface area contributed by atoms with Crippen LogP contribution in [0.2, 0.25) is 0 Å². The van der Waals surface area contributed by atoms with Crippen LogP contribution >= 0.6 is 11.3 Å². The highest BCUT2D eigenvalue weighted by Crippen LogP contribution is 2.18. The zero-order valence-corrected chi connectivity index (χ0v) is 15.3. The topological polar surface area (TPSA) is 78.5 Å². The molecule has 1 fully saturated rings. The molecule has 7 heteroatoms. The molecule has 1 aliphatic heterocycles. The molecule has 1 saturated heterocycles. The predicted octanol–water partition coefficient (Wildman–Crippen LogP) is 2.74. The van der Waals surface area contributed by atoms with Crippen LogP contribution in [0.1, 0.15) is 39.8 Å². The van der Waals surface area contributed by atoms with Gasteiger partial charge in [-0.2, -0.15) is 0 Å². The summed E-state index contributed by atoms with van der Waals surface area (Å²) < 4.78 is 0. The standard InChI is InChI=1S/C19H21N3O3S/c1-13(23)20-16-5-2-4-14(12-16)18(24)21-15-7-9-22(10-8-15)19(25)17-6-3-11-26-17/h2-6,11-12,15H,7-10H2,1H3,(H,20,23)(H,21,24). The van der Waals surface area contributed by atoms with Gasteiger partial charge in [0.1, 0.15) is 0 Å². The second-order valence-electron chi connectivity index (χ2n) is 6.28. The first-order chi connectivity index (χ1) is 12.5. The summed E-state index contributed by atoms with van der Waals surface area (Å²) >= 11 is 1.45. The summed E-state index contributed by atoms with van der Waals surface area (Å²) in [4.78, 5) is 38.5. The third-order valence-electron chi connectivity index (χ3n) is 4.29. The Hall–Kier alpha value is -2.67. The predicted molar refractivity (Wildman–Crippen MR) is 101 cm³/mol. The van der Waals surface area contributed by atoms with Crippen LogP contribution < -0.4 is 10.6 Å². The van der Waals surface area contributed by atoms with Gasteiger partial charge in [0.15, 0.2) is 0 Å². The smallest absolute Gasteiger partial charge is 0.263 e. The molecule has 0 radical (unpaired) electrons. The molecule has 1 aromatic carbocycles. The van der Waals surface area contributed by atoms with Crippen LogP contribution in [0.4, 0.5) is 5.69 Å². The van der Waals surface area contributed by atoms with Gasteiger partial charge in [0.05, 0.1) is 4.88 Å². The van der Waals surface area contributed by atoms with Crippen LogP contribution in [-0.2, 0) is 4.79 Å². The van der Waals surface area contributed by atoms with E-state index in [0.29, 0.717) is 24.3 Å². The lowest BCUT2D eigenvalue weighted by atomic mass is 10.0. The molecule has 0 bridgehead atoms. The first kappa shape index (κ1) is 18.1. The summed E-state index contributed by atoms with van der Waals surface area (Å²) in [5.74, 6) is -0.279. The molecule has 3 amide bonds. The fourth-order valence-corrected chi connectivity index (χ4v) is 3.68. The lowest BCUT2D eigenvalue weighted by Crippen LogP contribution is -2.46. The van der Waals surface area contributed by atoms with E-state index in [0.717, 1.165) is 17.7 Å². The highest BCUT2D eigenvalue weighted by molar-refractivity contribution is 7.12. The number of anilines is 1. The molecule has 1 aromatic heterocycles. The van der Waals surface area contributed by atoms with E-state index >= 15 is 0 Å². The van der Waals surface area contributed by atoms with Gasteiger partial charge in [-0.05, 0) is 42.5 Å². The normalized spacial score (nSPS) is 14.7. The van der Waals surface area contributed by atoms with E-state index in [4.69, 9.17) is 0 Å². The van der Waals surface area contributed by atoms with E-state index in [1.165, 1.54) is 18.3 Å². The Balaban J connectivity index is 1.53. The Bertz CT molecular complexity index is 796. The number of nitrogens with one attached hydrogen (secondary N) is 2. The van der Waals surface area contributed by atoms with Crippen LogP contribution in [0, 0.1) is 0 Å². The van der Waals surface area contributed by atoms with Crippen molar-refractivity contribution in [2.45, 2.75) is 25.8 Å². The third kappa shape index (κ3) is 4.49. The van der Waals surface area contributed by atoms with Gasteiger partial charge in [-0.3, -0.25) is 14.4 Å². The zero-order chi connectivity index (χ0) is 18.5. The number of thiophene rings is 1. The highest BCUT2D eigenvalue weighted by atomic mass is 32.1. The summed E-state index contributed by atoms with van der Waals surface area (Å²) in [6, 6.07) is 10.6. The van der Waals surface area contributed by atoms with Gasteiger partial charge in [0.2, 0.25) is 5.91 Å². The number of rotatable bonds is 4. The molecule has 0 spiro atoms. The Labute approximate surface area is 156 Å². The first-order valence-corrected chi connectivity index (χ1v) is 9.42. The molecule has 6 nitrogen and oxygen atoms in total. The van der Waals surface area contributed by atoms with Crippen molar-refractivity contribution in [1.82, 2.24) is 10.2 Å². The number of carbonyl (C=O) groups is 3. The molecule has 0 saturated carbocycles. The molecule has 0 aliphatic carbocycles. The van der Waals surface area contributed by atoms with E-state index < -0.39 is 0 Å². The molecule has 3 rings (SSSR count). The molecule has 2 N–H and O–H groups in total. The van der Waals surface area contributed by atoms with Crippen molar-refractivity contribution < 1.29 is 14.4 Å². The molecule has 1 aliphatic rings. The minimum atomic E-state index is -0.176. The van der Waals surface area contributed by atoms with Gasteiger partial charge < -0.3 is 15.5 Å². The quantitative estimate of drug-likeness (QED) is 0.867. The van der Waals surface area contributed by atoms with Crippen molar-refractivity contribution in [3.05, 3.63) is 52.2 Å². The Kier molecular flexibility index (Phi) is 5.68. The fraction of sp³-hybridized carbons (Fsp3) is 0.316. The maximum atomic E-state index is 12.5. The molecule has 136 valence electrons. The number of piperidine rings is 1. The molecule has 0 atom stereocenters. The second-order valence-corrected chi connectivity index (χ2v) is 7.23. The SMILES string of the molecule is CC(=O)Nc1cccc(C(=O)NC2CCN(C(=O)c3cccs3)CC2)c1. The van der Waals surface area contributed by atoms with Crippen LogP contribution in [0.5, 0.6) is 0 Å². The van der Waals surface area contributed by atoms with E-state index in [1.807, 2.05) is 22.4 Å². The maximum Gasteiger partial charge on any atom is 0.263 e. The van der Waals surface area contributed by atoms with Crippen molar-refractivity contribution >= 4 is 34.7 Å². The molecular formula is C19H21N3O3S. The van der Waals surface area contributed by atoms with E-state index in [9.17, 15) is 14.4 Å². The van der Waals surface area contributed by atoms with Gasteiger partial charge >= 0.3 is 0 Å². The van der Waals surface area contributed by atoms with Gasteiger partial charge in [-0.25, -0.2) is 0 Å². The van der Waals surface area contributed by atoms with Crippen LogP contribution in [0.3, 0.4) is 0 Å². The van der Waals surface area contributed by atoms with Crippen molar-refractivity contribution in [2.24, 2.45) is 0 Å². The van der Waals surface area contributed by atoms with E-state index in [1.54, 1.807) is 24.3 Å².